The summed E-state index contributed by atoms with van der Waals surface area (Å²) in [4.78, 5) is 25.3. The second-order valence-electron chi connectivity index (χ2n) is 9.74. The standard InChI is InChI=1S/C25H30N4O2/c1-25(2,3)31-24(30)29-20-11-5-4-10-19(20)27-21(29)16-28-15-7-9-18-13-12-17-8-6-14-26-22(17)23(18)28/h4-6,8,10-11,14,18,23H,7,9,12-13,15-16H2,1-3H3. The van der Waals surface area contributed by atoms with Crippen molar-refractivity contribution in [2.24, 2.45) is 5.92 Å². The Morgan fingerprint density at radius 2 is 2.00 bits per heavy atom. The maximum absolute atomic E-state index is 13.1. The maximum Gasteiger partial charge on any atom is 0.420 e. The fourth-order valence-corrected chi connectivity index (χ4v) is 5.17. The number of piperidine rings is 1. The van der Waals surface area contributed by atoms with E-state index in [4.69, 9.17) is 14.7 Å². The number of hydrogen-bond donors (Lipinski definition) is 0. The van der Waals surface area contributed by atoms with Crippen LogP contribution in [0.5, 0.6) is 0 Å². The number of carbonyl (C=O) groups is 1. The van der Waals surface area contributed by atoms with E-state index in [-0.39, 0.29) is 12.1 Å². The predicted octanol–water partition coefficient (Wildman–Crippen LogP) is 5.11. The molecule has 3 aromatic rings. The van der Waals surface area contributed by atoms with Gasteiger partial charge in [-0.25, -0.2) is 14.3 Å². The van der Waals surface area contributed by atoms with Crippen molar-refractivity contribution in [2.45, 2.75) is 64.6 Å². The van der Waals surface area contributed by atoms with Gasteiger partial charge in [0, 0.05) is 6.20 Å². The Morgan fingerprint density at radius 1 is 1.16 bits per heavy atom. The van der Waals surface area contributed by atoms with E-state index in [0.29, 0.717) is 12.5 Å². The Kier molecular flexibility index (Phi) is 5.05. The molecular weight excluding hydrogens is 388 g/mol. The topological polar surface area (TPSA) is 60.2 Å². The van der Waals surface area contributed by atoms with Crippen molar-refractivity contribution in [1.29, 1.82) is 0 Å². The molecule has 1 aliphatic heterocycles. The molecule has 162 valence electrons. The van der Waals surface area contributed by atoms with E-state index in [2.05, 4.69) is 11.0 Å². The van der Waals surface area contributed by atoms with Gasteiger partial charge >= 0.3 is 6.09 Å². The summed E-state index contributed by atoms with van der Waals surface area (Å²) < 4.78 is 7.40. The monoisotopic (exact) mass is 418 g/mol. The van der Waals surface area contributed by atoms with Crippen LogP contribution in [0.4, 0.5) is 4.79 Å². The summed E-state index contributed by atoms with van der Waals surface area (Å²) in [7, 11) is 0. The summed E-state index contributed by atoms with van der Waals surface area (Å²) in [5.41, 5.74) is 3.61. The molecule has 2 unspecified atom stereocenters. The van der Waals surface area contributed by atoms with Gasteiger partial charge in [-0.1, -0.05) is 18.2 Å². The highest BCUT2D eigenvalue weighted by Crippen LogP contribution is 2.43. The largest absolute Gasteiger partial charge is 0.443 e. The van der Waals surface area contributed by atoms with E-state index < -0.39 is 5.60 Å². The van der Waals surface area contributed by atoms with E-state index in [0.717, 1.165) is 36.2 Å². The van der Waals surface area contributed by atoms with Gasteiger partial charge in [0.2, 0.25) is 0 Å². The summed E-state index contributed by atoms with van der Waals surface area (Å²) in [6.45, 7) is 7.26. The Morgan fingerprint density at radius 3 is 2.84 bits per heavy atom. The van der Waals surface area contributed by atoms with Crippen LogP contribution >= 0.6 is 0 Å². The highest BCUT2D eigenvalue weighted by atomic mass is 16.6. The first-order valence-electron chi connectivity index (χ1n) is 11.3. The van der Waals surface area contributed by atoms with E-state index in [9.17, 15) is 4.79 Å². The van der Waals surface area contributed by atoms with Crippen LogP contribution in [0.3, 0.4) is 0 Å². The number of rotatable bonds is 2. The fraction of sp³-hybridized carbons (Fsp3) is 0.480. The molecule has 5 rings (SSSR count). The minimum absolute atomic E-state index is 0.283. The number of nitrogens with zero attached hydrogens (tertiary/aromatic N) is 4. The normalized spacial score (nSPS) is 21.5. The molecule has 1 aliphatic carbocycles. The van der Waals surface area contributed by atoms with Gasteiger partial charge < -0.3 is 4.74 Å². The average molecular weight is 419 g/mol. The number of aryl methyl sites for hydroxylation is 1. The van der Waals surface area contributed by atoms with Crippen LogP contribution in [0.15, 0.2) is 42.6 Å². The molecule has 0 amide bonds. The Bertz CT molecular complexity index is 1110. The molecule has 1 fully saturated rings. The number of ether oxygens (including phenoxy) is 1. The number of likely N-dealkylation sites (tertiary alicyclic amines) is 1. The van der Waals surface area contributed by atoms with Crippen LogP contribution in [-0.4, -0.2) is 37.7 Å². The summed E-state index contributed by atoms with van der Waals surface area (Å²) in [6, 6.07) is 12.3. The Labute approximate surface area is 183 Å². The number of benzene rings is 1. The average Bonchev–Trinajstić information content (AvgIpc) is 3.10. The molecular formula is C25H30N4O2. The lowest BCUT2D eigenvalue weighted by atomic mass is 9.77. The van der Waals surface area contributed by atoms with Crippen LogP contribution in [0.1, 0.15) is 63.2 Å². The van der Waals surface area contributed by atoms with Gasteiger partial charge in [-0.2, -0.15) is 0 Å². The summed E-state index contributed by atoms with van der Waals surface area (Å²) >= 11 is 0. The smallest absolute Gasteiger partial charge is 0.420 e. The van der Waals surface area contributed by atoms with E-state index >= 15 is 0 Å². The van der Waals surface area contributed by atoms with Gasteiger partial charge in [0.25, 0.3) is 0 Å². The molecule has 0 radical (unpaired) electrons. The van der Waals surface area contributed by atoms with E-state index in [1.807, 2.05) is 57.3 Å². The molecule has 2 aliphatic rings. The van der Waals surface area contributed by atoms with Crippen molar-refractivity contribution < 1.29 is 9.53 Å². The quantitative estimate of drug-likeness (QED) is 0.578. The molecule has 31 heavy (non-hydrogen) atoms. The lowest BCUT2D eigenvalue weighted by molar-refractivity contribution is 0.0497. The lowest BCUT2D eigenvalue weighted by Crippen LogP contribution is -2.42. The van der Waals surface area contributed by atoms with Crippen molar-refractivity contribution in [3.8, 4) is 0 Å². The molecule has 2 aromatic heterocycles. The molecule has 6 nitrogen and oxygen atoms in total. The SMILES string of the molecule is CC(C)(C)OC(=O)n1c(CN2CCCC3CCc4cccnc4C32)nc2ccccc21. The second kappa shape index (κ2) is 7.75. The van der Waals surface area contributed by atoms with Gasteiger partial charge in [0.05, 0.1) is 29.3 Å². The summed E-state index contributed by atoms with van der Waals surface area (Å²) in [6.07, 6.45) is 6.24. The first-order chi connectivity index (χ1) is 14.9. The van der Waals surface area contributed by atoms with Gasteiger partial charge in [-0.3, -0.25) is 9.88 Å². The maximum atomic E-state index is 13.1. The number of fused-ring (bicyclic) bond motifs is 4. The number of para-hydroxylation sites is 2. The summed E-state index contributed by atoms with van der Waals surface area (Å²) in [5, 5.41) is 0. The molecule has 0 saturated carbocycles. The number of pyridine rings is 1. The van der Waals surface area contributed by atoms with Gasteiger partial charge in [-0.15, -0.1) is 0 Å². The molecule has 2 atom stereocenters. The van der Waals surface area contributed by atoms with Crippen molar-refractivity contribution in [2.75, 3.05) is 6.54 Å². The van der Waals surface area contributed by atoms with Gasteiger partial charge in [0.1, 0.15) is 11.4 Å². The molecule has 3 heterocycles. The minimum Gasteiger partial charge on any atom is -0.443 e. The van der Waals surface area contributed by atoms with Crippen molar-refractivity contribution in [1.82, 2.24) is 19.4 Å². The first kappa shape index (κ1) is 20.2. The third-order valence-electron chi connectivity index (χ3n) is 6.40. The number of carbonyl (C=O) groups excluding carboxylic acids is 1. The zero-order valence-corrected chi connectivity index (χ0v) is 18.5. The van der Waals surface area contributed by atoms with E-state index in [1.165, 1.54) is 24.1 Å². The lowest BCUT2D eigenvalue weighted by Gasteiger charge is -2.44. The van der Waals surface area contributed by atoms with Crippen molar-refractivity contribution in [3.63, 3.8) is 0 Å². The number of hydrogen-bond acceptors (Lipinski definition) is 5. The number of aromatic nitrogens is 3. The fourth-order valence-electron chi connectivity index (χ4n) is 5.17. The first-order valence-corrected chi connectivity index (χ1v) is 11.3. The molecule has 0 bridgehead atoms. The van der Waals surface area contributed by atoms with Crippen molar-refractivity contribution >= 4 is 17.1 Å². The van der Waals surface area contributed by atoms with Gasteiger partial charge in [-0.05, 0) is 82.7 Å². The zero-order valence-electron chi connectivity index (χ0n) is 18.5. The molecule has 0 N–H and O–H groups in total. The third kappa shape index (κ3) is 3.85. The van der Waals surface area contributed by atoms with Crippen LogP contribution in [-0.2, 0) is 17.7 Å². The van der Waals surface area contributed by atoms with Crippen molar-refractivity contribution in [3.05, 3.63) is 59.7 Å². The zero-order chi connectivity index (χ0) is 21.6. The minimum atomic E-state index is -0.567. The predicted molar refractivity (Wildman–Crippen MR) is 120 cm³/mol. The third-order valence-corrected chi connectivity index (χ3v) is 6.40. The van der Waals surface area contributed by atoms with E-state index in [1.54, 1.807) is 4.57 Å². The highest BCUT2D eigenvalue weighted by Gasteiger charge is 2.38. The summed E-state index contributed by atoms with van der Waals surface area (Å²) in [5.74, 6) is 1.34. The number of imidazole rings is 1. The Hall–Kier alpha value is -2.73. The Balaban J connectivity index is 1.53. The second-order valence-corrected chi connectivity index (χ2v) is 9.74. The van der Waals surface area contributed by atoms with Crippen LogP contribution in [0.2, 0.25) is 0 Å². The molecule has 1 aromatic carbocycles. The molecule has 0 spiro atoms. The molecule has 6 heteroatoms. The van der Waals surface area contributed by atoms with Crippen LogP contribution in [0.25, 0.3) is 11.0 Å². The van der Waals surface area contributed by atoms with Gasteiger partial charge in [0.15, 0.2) is 0 Å². The van der Waals surface area contributed by atoms with Crippen LogP contribution < -0.4 is 0 Å². The highest BCUT2D eigenvalue weighted by molar-refractivity contribution is 5.87. The molecule has 1 saturated heterocycles. The van der Waals surface area contributed by atoms with Crippen LogP contribution in [0, 0.1) is 5.92 Å².